The number of pyridine rings is 1. The SMILES string of the molecule is CS(=O)Cc1ccc(CNCc2ccnc3[nH]ccc23)cc1. The van der Waals surface area contributed by atoms with E-state index >= 15 is 0 Å². The van der Waals surface area contributed by atoms with Gasteiger partial charge in [0.2, 0.25) is 0 Å². The van der Waals surface area contributed by atoms with Gasteiger partial charge in [0.05, 0.1) is 0 Å². The predicted octanol–water partition coefficient (Wildman–Crippen LogP) is 2.73. The molecule has 0 aliphatic carbocycles. The molecule has 0 bridgehead atoms. The Hall–Kier alpha value is -1.98. The van der Waals surface area contributed by atoms with Crippen molar-refractivity contribution in [1.82, 2.24) is 15.3 Å². The van der Waals surface area contributed by atoms with Gasteiger partial charge in [-0.05, 0) is 28.8 Å². The van der Waals surface area contributed by atoms with E-state index in [1.807, 2.05) is 18.5 Å². The first-order valence-electron chi connectivity index (χ1n) is 7.22. The second kappa shape index (κ2) is 6.85. The van der Waals surface area contributed by atoms with E-state index < -0.39 is 10.8 Å². The summed E-state index contributed by atoms with van der Waals surface area (Å²) in [6, 6.07) is 12.4. The molecule has 1 atom stereocenters. The molecule has 0 amide bonds. The molecule has 2 aromatic heterocycles. The predicted molar refractivity (Wildman–Crippen MR) is 90.8 cm³/mol. The van der Waals surface area contributed by atoms with Crippen LogP contribution in [0.1, 0.15) is 16.7 Å². The highest BCUT2D eigenvalue weighted by molar-refractivity contribution is 7.83. The van der Waals surface area contributed by atoms with Crippen LogP contribution in [0.5, 0.6) is 0 Å². The Morgan fingerprint density at radius 3 is 2.64 bits per heavy atom. The highest BCUT2D eigenvalue weighted by Gasteiger charge is 2.02. The third-order valence-corrected chi connectivity index (χ3v) is 4.33. The lowest BCUT2D eigenvalue weighted by molar-refractivity contribution is 0.686. The van der Waals surface area contributed by atoms with Crippen molar-refractivity contribution in [3.05, 3.63) is 65.5 Å². The molecule has 0 fully saturated rings. The lowest BCUT2D eigenvalue weighted by Gasteiger charge is -2.07. The van der Waals surface area contributed by atoms with Crippen LogP contribution in [0.2, 0.25) is 0 Å². The zero-order chi connectivity index (χ0) is 15.4. The third kappa shape index (κ3) is 3.61. The number of rotatable bonds is 6. The maximum atomic E-state index is 11.2. The summed E-state index contributed by atoms with van der Waals surface area (Å²) >= 11 is 0. The van der Waals surface area contributed by atoms with Crippen molar-refractivity contribution < 1.29 is 4.21 Å². The van der Waals surface area contributed by atoms with Crippen molar-refractivity contribution in [3.8, 4) is 0 Å². The number of hydrogen-bond donors (Lipinski definition) is 2. The van der Waals surface area contributed by atoms with Crippen LogP contribution in [0, 0.1) is 0 Å². The van der Waals surface area contributed by atoms with Crippen LogP contribution in [-0.4, -0.2) is 20.4 Å². The molecule has 0 saturated heterocycles. The standard InChI is InChI=1S/C17H19N3OS/c1-22(21)12-14-4-2-13(3-5-14)10-18-11-15-6-8-19-17-16(15)7-9-20-17/h2-9,18H,10-12H2,1H3,(H,19,20). The van der Waals surface area contributed by atoms with Gasteiger partial charge in [0.25, 0.3) is 0 Å². The lowest BCUT2D eigenvalue weighted by Crippen LogP contribution is -2.13. The number of nitrogens with one attached hydrogen (secondary N) is 2. The van der Waals surface area contributed by atoms with Crippen molar-refractivity contribution in [2.75, 3.05) is 6.26 Å². The molecule has 3 aromatic rings. The van der Waals surface area contributed by atoms with Crippen molar-refractivity contribution in [1.29, 1.82) is 0 Å². The van der Waals surface area contributed by atoms with Gasteiger partial charge in [-0.2, -0.15) is 0 Å². The van der Waals surface area contributed by atoms with Crippen LogP contribution in [0.3, 0.4) is 0 Å². The Morgan fingerprint density at radius 2 is 1.86 bits per heavy atom. The van der Waals surface area contributed by atoms with Crippen molar-refractivity contribution in [2.24, 2.45) is 0 Å². The highest BCUT2D eigenvalue weighted by Crippen LogP contribution is 2.15. The highest BCUT2D eigenvalue weighted by atomic mass is 32.2. The number of benzene rings is 1. The van der Waals surface area contributed by atoms with Crippen molar-refractivity contribution >= 4 is 21.8 Å². The average molecular weight is 313 g/mol. The molecule has 1 aromatic carbocycles. The number of aromatic amines is 1. The molecule has 0 spiro atoms. The van der Waals surface area contributed by atoms with Gasteiger partial charge in [0, 0.05) is 53.7 Å². The molecule has 0 aliphatic rings. The summed E-state index contributed by atoms with van der Waals surface area (Å²) in [5.74, 6) is 0.621. The molecule has 0 saturated carbocycles. The molecule has 22 heavy (non-hydrogen) atoms. The van der Waals surface area contributed by atoms with E-state index in [-0.39, 0.29) is 0 Å². The van der Waals surface area contributed by atoms with E-state index in [1.54, 1.807) is 6.26 Å². The Kier molecular flexibility index (Phi) is 4.65. The summed E-state index contributed by atoms with van der Waals surface area (Å²) in [7, 11) is -0.787. The van der Waals surface area contributed by atoms with Gasteiger partial charge in [-0.15, -0.1) is 0 Å². The summed E-state index contributed by atoms with van der Waals surface area (Å²) in [6.45, 7) is 1.61. The first-order chi connectivity index (χ1) is 10.7. The van der Waals surface area contributed by atoms with E-state index in [0.29, 0.717) is 5.75 Å². The van der Waals surface area contributed by atoms with Crippen molar-refractivity contribution in [2.45, 2.75) is 18.8 Å². The maximum absolute atomic E-state index is 11.2. The van der Waals surface area contributed by atoms with E-state index in [4.69, 9.17) is 0 Å². The Labute approximate surface area is 132 Å². The van der Waals surface area contributed by atoms with E-state index in [0.717, 1.165) is 29.7 Å². The third-order valence-electron chi connectivity index (χ3n) is 3.59. The van der Waals surface area contributed by atoms with Crippen LogP contribution >= 0.6 is 0 Å². The fourth-order valence-corrected chi connectivity index (χ4v) is 3.16. The van der Waals surface area contributed by atoms with Crippen molar-refractivity contribution in [3.63, 3.8) is 0 Å². The van der Waals surface area contributed by atoms with Gasteiger partial charge in [0.1, 0.15) is 5.65 Å². The van der Waals surface area contributed by atoms with E-state index in [1.165, 1.54) is 11.1 Å². The smallest absolute Gasteiger partial charge is 0.137 e. The summed E-state index contributed by atoms with van der Waals surface area (Å²) < 4.78 is 11.2. The van der Waals surface area contributed by atoms with Crippen LogP contribution in [-0.2, 0) is 29.6 Å². The molecule has 0 aliphatic heterocycles. The monoisotopic (exact) mass is 313 g/mol. The molecular weight excluding hydrogens is 294 g/mol. The molecule has 0 radical (unpaired) electrons. The zero-order valence-electron chi connectivity index (χ0n) is 12.5. The number of H-pyrrole nitrogens is 1. The van der Waals surface area contributed by atoms with Crippen LogP contribution < -0.4 is 5.32 Å². The van der Waals surface area contributed by atoms with Gasteiger partial charge >= 0.3 is 0 Å². The largest absolute Gasteiger partial charge is 0.346 e. The number of nitrogens with zero attached hydrogens (tertiary/aromatic N) is 1. The van der Waals surface area contributed by atoms with Gasteiger partial charge in [0.15, 0.2) is 0 Å². The minimum Gasteiger partial charge on any atom is -0.346 e. The van der Waals surface area contributed by atoms with E-state index in [2.05, 4.69) is 45.6 Å². The molecule has 2 N–H and O–H groups in total. The topological polar surface area (TPSA) is 57.8 Å². The fourth-order valence-electron chi connectivity index (χ4n) is 2.50. The quantitative estimate of drug-likeness (QED) is 0.735. The second-order valence-corrected chi connectivity index (χ2v) is 6.78. The Balaban J connectivity index is 1.59. The van der Waals surface area contributed by atoms with Gasteiger partial charge in [-0.3, -0.25) is 4.21 Å². The molecule has 4 nitrogen and oxygen atoms in total. The summed E-state index contributed by atoms with van der Waals surface area (Å²) in [5, 5.41) is 4.62. The first-order valence-corrected chi connectivity index (χ1v) is 8.94. The maximum Gasteiger partial charge on any atom is 0.137 e. The molecule has 2 heterocycles. The average Bonchev–Trinajstić information content (AvgIpc) is 2.98. The summed E-state index contributed by atoms with van der Waals surface area (Å²) in [5.41, 5.74) is 4.51. The van der Waals surface area contributed by atoms with Gasteiger partial charge < -0.3 is 10.3 Å². The number of hydrogen-bond acceptors (Lipinski definition) is 3. The molecule has 5 heteroatoms. The minimum absolute atomic E-state index is 0.621. The molecular formula is C17H19N3OS. The molecule has 114 valence electrons. The van der Waals surface area contributed by atoms with Gasteiger partial charge in [-0.25, -0.2) is 4.98 Å². The molecule has 1 unspecified atom stereocenters. The van der Waals surface area contributed by atoms with Crippen LogP contribution in [0.4, 0.5) is 0 Å². The normalized spacial score (nSPS) is 12.6. The van der Waals surface area contributed by atoms with E-state index in [9.17, 15) is 4.21 Å². The summed E-state index contributed by atoms with van der Waals surface area (Å²) in [6.07, 6.45) is 5.47. The first kappa shape index (κ1) is 14.9. The Bertz CT molecular complexity index is 780. The van der Waals surface area contributed by atoms with Crippen LogP contribution in [0.15, 0.2) is 48.8 Å². The van der Waals surface area contributed by atoms with Gasteiger partial charge in [-0.1, -0.05) is 24.3 Å². The zero-order valence-corrected chi connectivity index (χ0v) is 13.3. The number of fused-ring (bicyclic) bond motifs is 1. The summed E-state index contributed by atoms with van der Waals surface area (Å²) in [4.78, 5) is 7.42. The lowest BCUT2D eigenvalue weighted by atomic mass is 10.1. The fraction of sp³-hybridized carbons (Fsp3) is 0.235. The second-order valence-electron chi connectivity index (χ2n) is 5.35. The number of aromatic nitrogens is 2. The van der Waals surface area contributed by atoms with Crippen LogP contribution in [0.25, 0.3) is 11.0 Å². The minimum atomic E-state index is -0.787. The Morgan fingerprint density at radius 1 is 1.09 bits per heavy atom. The molecule has 3 rings (SSSR count).